The molecule has 0 saturated carbocycles. The lowest BCUT2D eigenvalue weighted by atomic mass is 10.0. The Morgan fingerprint density at radius 2 is 2.10 bits per heavy atom. The third-order valence-corrected chi connectivity index (χ3v) is 3.45. The van der Waals surface area contributed by atoms with Crippen molar-refractivity contribution in [2.75, 3.05) is 12.9 Å². The second-order valence-corrected chi connectivity index (χ2v) is 5.38. The lowest BCUT2D eigenvalue weighted by Crippen LogP contribution is -2.19. The van der Waals surface area contributed by atoms with Gasteiger partial charge in [-0.15, -0.1) is 0 Å². The zero-order valence-electron chi connectivity index (χ0n) is 11.3. The minimum absolute atomic E-state index is 0.0317. The summed E-state index contributed by atoms with van der Waals surface area (Å²) in [5.74, 6) is -0.134. The predicted octanol–water partition coefficient (Wildman–Crippen LogP) is 0.932. The van der Waals surface area contributed by atoms with Crippen LogP contribution in [0.5, 0.6) is 0 Å². The first-order chi connectivity index (χ1) is 9.45. The average molecular weight is 299 g/mol. The maximum Gasteiger partial charge on any atom is 0.356 e. The number of hydrogen-bond donors (Lipinski definition) is 2. The zero-order valence-corrected chi connectivity index (χ0v) is 12.1. The minimum atomic E-state index is -1.11. The van der Waals surface area contributed by atoms with Crippen molar-refractivity contribution in [1.82, 2.24) is 4.98 Å². The van der Waals surface area contributed by atoms with E-state index in [-0.39, 0.29) is 17.2 Å². The van der Waals surface area contributed by atoms with Crippen molar-refractivity contribution in [3.8, 4) is 0 Å². The molecule has 1 aromatic heterocycles. The Kier molecular flexibility index (Phi) is 6.63. The molecule has 0 aromatic carbocycles. The number of rotatable bonds is 6. The molecule has 2 unspecified atom stereocenters. The summed E-state index contributed by atoms with van der Waals surface area (Å²) in [5.41, 5.74) is 0.531. The first-order valence-electron chi connectivity index (χ1n) is 5.99. The second kappa shape index (κ2) is 7.98. The van der Waals surface area contributed by atoms with Gasteiger partial charge in [-0.25, -0.2) is 9.78 Å². The van der Waals surface area contributed by atoms with Gasteiger partial charge in [0.05, 0.1) is 13.2 Å². The molecule has 0 bridgehead atoms. The van der Waals surface area contributed by atoms with E-state index in [1.54, 1.807) is 0 Å². The van der Waals surface area contributed by atoms with Crippen LogP contribution in [0.15, 0.2) is 18.3 Å². The highest BCUT2D eigenvalue weighted by atomic mass is 32.2. The Morgan fingerprint density at radius 3 is 2.60 bits per heavy atom. The van der Waals surface area contributed by atoms with E-state index in [9.17, 15) is 19.8 Å². The average Bonchev–Trinajstić information content (AvgIpc) is 2.45. The Morgan fingerprint density at radius 1 is 1.40 bits per heavy atom. The number of aromatic nitrogens is 1. The standard InChI is InChI=1S/C13H17NO5S/c1-8(15)20-6-5-11(16)12(17)9-3-4-10(14-7-9)13(18)19-2/h3-4,7,11-12,16-17H,5-6H2,1-2H3. The molecular weight excluding hydrogens is 282 g/mol. The van der Waals surface area contributed by atoms with E-state index in [0.717, 1.165) is 11.8 Å². The maximum absolute atomic E-state index is 11.2. The number of hydrogen-bond acceptors (Lipinski definition) is 7. The number of pyridine rings is 1. The Labute approximate surface area is 121 Å². The van der Waals surface area contributed by atoms with E-state index in [1.165, 1.54) is 32.4 Å². The van der Waals surface area contributed by atoms with Crippen molar-refractivity contribution in [2.24, 2.45) is 0 Å². The van der Waals surface area contributed by atoms with E-state index in [2.05, 4.69) is 9.72 Å². The van der Waals surface area contributed by atoms with Crippen molar-refractivity contribution in [1.29, 1.82) is 0 Å². The quantitative estimate of drug-likeness (QED) is 0.754. The highest BCUT2D eigenvalue weighted by molar-refractivity contribution is 8.13. The largest absolute Gasteiger partial charge is 0.464 e. The Hall–Kier alpha value is -1.44. The summed E-state index contributed by atoms with van der Waals surface area (Å²) in [6.07, 6.45) is -0.503. The molecule has 1 heterocycles. The van der Waals surface area contributed by atoms with Gasteiger partial charge in [-0.1, -0.05) is 17.8 Å². The lowest BCUT2D eigenvalue weighted by molar-refractivity contribution is -0.109. The SMILES string of the molecule is COC(=O)c1ccc(C(O)C(O)CCSC(C)=O)cn1. The van der Waals surface area contributed by atoms with Gasteiger partial charge in [0.25, 0.3) is 0 Å². The Bertz CT molecular complexity index is 462. The molecule has 0 aliphatic heterocycles. The molecule has 0 saturated heterocycles. The summed E-state index contributed by atoms with van der Waals surface area (Å²) in [5, 5.41) is 19.7. The van der Waals surface area contributed by atoms with Gasteiger partial charge in [-0.3, -0.25) is 4.79 Å². The van der Waals surface area contributed by atoms with Crippen molar-refractivity contribution in [3.05, 3.63) is 29.6 Å². The molecule has 0 aliphatic carbocycles. The number of nitrogens with zero attached hydrogens (tertiary/aromatic N) is 1. The number of carbonyl (C=O) groups excluding carboxylic acids is 2. The van der Waals surface area contributed by atoms with E-state index >= 15 is 0 Å². The van der Waals surface area contributed by atoms with Crippen LogP contribution in [0.1, 0.15) is 35.5 Å². The van der Waals surface area contributed by atoms with Gasteiger partial charge >= 0.3 is 5.97 Å². The predicted molar refractivity (Wildman–Crippen MR) is 74.3 cm³/mol. The number of aliphatic hydroxyl groups is 2. The van der Waals surface area contributed by atoms with E-state index in [4.69, 9.17) is 0 Å². The first-order valence-corrected chi connectivity index (χ1v) is 6.98. The van der Waals surface area contributed by atoms with Gasteiger partial charge in [-0.2, -0.15) is 0 Å². The first kappa shape index (κ1) is 16.6. The second-order valence-electron chi connectivity index (χ2n) is 4.11. The van der Waals surface area contributed by atoms with Crippen molar-refractivity contribution >= 4 is 22.8 Å². The number of ether oxygens (including phenoxy) is 1. The number of esters is 1. The van der Waals surface area contributed by atoms with Gasteiger partial charge in [0.1, 0.15) is 11.8 Å². The number of carbonyl (C=O) groups is 2. The molecule has 2 atom stereocenters. The summed E-state index contributed by atoms with van der Waals surface area (Å²) < 4.78 is 4.51. The number of methoxy groups -OCH3 is 1. The molecule has 6 nitrogen and oxygen atoms in total. The molecule has 2 N–H and O–H groups in total. The van der Waals surface area contributed by atoms with Crippen LogP contribution in [0.4, 0.5) is 0 Å². The fraction of sp³-hybridized carbons (Fsp3) is 0.462. The topological polar surface area (TPSA) is 96.7 Å². The van der Waals surface area contributed by atoms with Gasteiger partial charge in [0.2, 0.25) is 0 Å². The summed E-state index contributed by atoms with van der Waals surface area (Å²) in [4.78, 5) is 25.8. The van der Waals surface area contributed by atoms with Crippen LogP contribution < -0.4 is 0 Å². The normalized spacial score (nSPS) is 13.6. The fourth-order valence-electron chi connectivity index (χ4n) is 1.51. The van der Waals surface area contributed by atoms with Gasteiger partial charge < -0.3 is 14.9 Å². The van der Waals surface area contributed by atoms with Crippen LogP contribution >= 0.6 is 11.8 Å². The van der Waals surface area contributed by atoms with Crippen molar-refractivity contribution in [2.45, 2.75) is 25.6 Å². The summed E-state index contributed by atoms with van der Waals surface area (Å²) in [6.45, 7) is 1.45. The van der Waals surface area contributed by atoms with Crippen molar-refractivity contribution < 1.29 is 24.5 Å². The molecule has 1 aromatic rings. The van der Waals surface area contributed by atoms with E-state index in [1.807, 2.05) is 0 Å². The summed E-state index contributed by atoms with van der Waals surface area (Å²) in [7, 11) is 1.25. The van der Waals surface area contributed by atoms with E-state index < -0.39 is 18.2 Å². The summed E-state index contributed by atoms with van der Waals surface area (Å²) in [6, 6.07) is 2.92. The number of aliphatic hydroxyl groups excluding tert-OH is 2. The summed E-state index contributed by atoms with van der Waals surface area (Å²) >= 11 is 1.09. The molecule has 0 amide bonds. The third kappa shape index (κ3) is 4.92. The molecule has 0 radical (unpaired) electrons. The van der Waals surface area contributed by atoms with Crippen LogP contribution in [0.3, 0.4) is 0 Å². The molecule has 0 fully saturated rings. The van der Waals surface area contributed by atoms with Crippen LogP contribution in [-0.4, -0.2) is 45.2 Å². The van der Waals surface area contributed by atoms with Crippen LogP contribution in [0, 0.1) is 0 Å². The molecule has 0 spiro atoms. The monoisotopic (exact) mass is 299 g/mol. The van der Waals surface area contributed by atoms with Crippen LogP contribution in [-0.2, 0) is 9.53 Å². The molecule has 7 heteroatoms. The third-order valence-electron chi connectivity index (χ3n) is 2.61. The highest BCUT2D eigenvalue weighted by Crippen LogP contribution is 2.20. The molecular formula is C13H17NO5S. The molecule has 0 aliphatic rings. The van der Waals surface area contributed by atoms with Crippen LogP contribution in [0.25, 0.3) is 0 Å². The maximum atomic E-state index is 11.2. The lowest BCUT2D eigenvalue weighted by Gasteiger charge is -2.17. The van der Waals surface area contributed by atoms with Gasteiger partial charge in [-0.05, 0) is 12.5 Å². The molecule has 1 rings (SSSR count). The van der Waals surface area contributed by atoms with Crippen LogP contribution in [0.2, 0.25) is 0 Å². The molecule has 20 heavy (non-hydrogen) atoms. The Balaban J connectivity index is 2.60. The van der Waals surface area contributed by atoms with Gasteiger partial charge in [0, 0.05) is 24.4 Å². The minimum Gasteiger partial charge on any atom is -0.464 e. The van der Waals surface area contributed by atoms with E-state index in [0.29, 0.717) is 11.3 Å². The van der Waals surface area contributed by atoms with Crippen molar-refractivity contribution in [3.63, 3.8) is 0 Å². The fourth-order valence-corrected chi connectivity index (χ4v) is 2.16. The van der Waals surface area contributed by atoms with Gasteiger partial charge in [0.15, 0.2) is 5.12 Å². The molecule has 110 valence electrons. The smallest absolute Gasteiger partial charge is 0.356 e. The zero-order chi connectivity index (χ0) is 15.1. The number of thioether (sulfide) groups is 1. The highest BCUT2D eigenvalue weighted by Gasteiger charge is 2.19.